The average molecular weight is 296 g/mol. The van der Waals surface area contributed by atoms with Crippen molar-refractivity contribution in [1.29, 1.82) is 0 Å². The molecule has 110 valence electrons. The molecule has 2 rings (SSSR count). The molecule has 5 nitrogen and oxygen atoms in total. The van der Waals surface area contributed by atoms with Gasteiger partial charge in [0.1, 0.15) is 0 Å². The molecule has 1 amide bonds. The smallest absolute Gasteiger partial charge is 0.251 e. The topological polar surface area (TPSA) is 66.5 Å². The summed E-state index contributed by atoms with van der Waals surface area (Å²) in [5.41, 5.74) is 0.983. The maximum Gasteiger partial charge on any atom is 0.251 e. The van der Waals surface area contributed by atoms with Crippen LogP contribution in [0.25, 0.3) is 0 Å². The van der Waals surface area contributed by atoms with Crippen molar-refractivity contribution in [3.8, 4) is 0 Å². The van der Waals surface area contributed by atoms with Crippen LogP contribution in [0.4, 0.5) is 5.69 Å². The molecule has 0 aromatic heterocycles. The number of nitrogens with zero attached hydrogens (tertiary/aromatic N) is 1. The van der Waals surface area contributed by atoms with Gasteiger partial charge in [0.05, 0.1) is 11.9 Å². The lowest BCUT2D eigenvalue weighted by atomic mass is 10.1. The molecule has 0 atom stereocenters. The number of carbonyl (C=O) groups is 1. The van der Waals surface area contributed by atoms with E-state index in [4.69, 9.17) is 0 Å². The molecule has 0 aliphatic heterocycles. The van der Waals surface area contributed by atoms with Crippen molar-refractivity contribution in [3.05, 3.63) is 29.8 Å². The van der Waals surface area contributed by atoms with Crippen LogP contribution in [0, 0.1) is 0 Å². The zero-order chi connectivity index (χ0) is 14.8. The fraction of sp³-hybridized carbons (Fsp3) is 0.500. The molecule has 1 saturated carbocycles. The summed E-state index contributed by atoms with van der Waals surface area (Å²) in [6.07, 6.45) is 5.49. The first-order valence-corrected chi connectivity index (χ1v) is 8.57. The summed E-state index contributed by atoms with van der Waals surface area (Å²) in [4.78, 5) is 12.1. The number of rotatable bonds is 4. The summed E-state index contributed by atoms with van der Waals surface area (Å²) in [7, 11) is -1.84. The molecule has 1 aliphatic rings. The monoisotopic (exact) mass is 296 g/mol. The number of nitrogens with one attached hydrogen (secondary N) is 1. The van der Waals surface area contributed by atoms with Gasteiger partial charge < -0.3 is 5.32 Å². The Balaban J connectivity index is 2.14. The Morgan fingerprint density at radius 2 is 1.95 bits per heavy atom. The Kier molecular flexibility index (Phi) is 4.32. The number of anilines is 1. The lowest BCUT2D eigenvalue weighted by Crippen LogP contribution is -2.32. The molecule has 0 radical (unpaired) electrons. The van der Waals surface area contributed by atoms with Gasteiger partial charge in [0.25, 0.3) is 5.91 Å². The van der Waals surface area contributed by atoms with Crippen LogP contribution in [0.2, 0.25) is 0 Å². The number of carbonyl (C=O) groups excluding carboxylic acids is 1. The average Bonchev–Trinajstić information content (AvgIpc) is 2.89. The van der Waals surface area contributed by atoms with Gasteiger partial charge in [0.2, 0.25) is 10.0 Å². The van der Waals surface area contributed by atoms with E-state index >= 15 is 0 Å². The van der Waals surface area contributed by atoms with Gasteiger partial charge in [-0.05, 0) is 31.0 Å². The van der Waals surface area contributed by atoms with E-state index < -0.39 is 10.0 Å². The second kappa shape index (κ2) is 5.83. The van der Waals surface area contributed by atoms with Gasteiger partial charge in [-0.25, -0.2) is 8.42 Å². The SMILES string of the molecule is CN(c1cccc(C(=O)NC2CCCC2)c1)S(C)(=O)=O. The Hall–Kier alpha value is -1.56. The van der Waals surface area contributed by atoms with Gasteiger partial charge >= 0.3 is 0 Å². The third kappa shape index (κ3) is 3.50. The summed E-state index contributed by atoms with van der Waals surface area (Å²) >= 11 is 0. The van der Waals surface area contributed by atoms with Crippen LogP contribution in [0.5, 0.6) is 0 Å². The van der Waals surface area contributed by atoms with Crippen molar-refractivity contribution in [2.24, 2.45) is 0 Å². The molecule has 0 spiro atoms. The van der Waals surface area contributed by atoms with Crippen LogP contribution in [-0.2, 0) is 10.0 Å². The first-order valence-electron chi connectivity index (χ1n) is 6.73. The molecule has 1 N–H and O–H groups in total. The van der Waals surface area contributed by atoms with Crippen molar-refractivity contribution >= 4 is 21.6 Å². The zero-order valence-corrected chi connectivity index (χ0v) is 12.6. The van der Waals surface area contributed by atoms with Crippen LogP contribution in [0.3, 0.4) is 0 Å². The molecule has 0 heterocycles. The van der Waals surface area contributed by atoms with Crippen molar-refractivity contribution in [3.63, 3.8) is 0 Å². The van der Waals surface area contributed by atoms with E-state index in [1.165, 1.54) is 11.4 Å². The Labute approximate surface area is 120 Å². The summed E-state index contributed by atoms with van der Waals surface area (Å²) in [5.74, 6) is -0.138. The number of sulfonamides is 1. The quantitative estimate of drug-likeness (QED) is 0.920. The minimum atomic E-state index is -3.32. The van der Waals surface area contributed by atoms with Gasteiger partial charge in [-0.15, -0.1) is 0 Å². The van der Waals surface area contributed by atoms with E-state index in [0.717, 1.165) is 31.9 Å². The van der Waals surface area contributed by atoms with Crippen molar-refractivity contribution < 1.29 is 13.2 Å². The van der Waals surface area contributed by atoms with Crippen LogP contribution >= 0.6 is 0 Å². The standard InChI is InChI=1S/C14H20N2O3S/c1-16(20(2,18)19)13-9-5-6-11(10-13)14(17)15-12-7-3-4-8-12/h5-6,9-10,12H,3-4,7-8H2,1-2H3,(H,15,17). The third-order valence-corrected chi connectivity index (χ3v) is 4.87. The third-order valence-electron chi connectivity index (χ3n) is 3.66. The van der Waals surface area contributed by atoms with Crippen molar-refractivity contribution in [1.82, 2.24) is 5.32 Å². The molecule has 0 saturated heterocycles. The highest BCUT2D eigenvalue weighted by molar-refractivity contribution is 7.92. The molecule has 1 aromatic carbocycles. The van der Waals surface area contributed by atoms with Crippen LogP contribution < -0.4 is 9.62 Å². The summed E-state index contributed by atoms with van der Waals surface area (Å²) < 4.78 is 24.2. The predicted octanol–water partition coefficient (Wildman–Crippen LogP) is 1.75. The number of amides is 1. The van der Waals surface area contributed by atoms with Crippen LogP contribution in [0.1, 0.15) is 36.0 Å². The minimum absolute atomic E-state index is 0.138. The van der Waals surface area contributed by atoms with E-state index in [1.54, 1.807) is 24.3 Å². The van der Waals surface area contributed by atoms with Gasteiger partial charge in [0.15, 0.2) is 0 Å². The van der Waals surface area contributed by atoms with Crippen molar-refractivity contribution in [2.75, 3.05) is 17.6 Å². The summed E-state index contributed by atoms with van der Waals surface area (Å²) in [6.45, 7) is 0. The van der Waals surface area contributed by atoms with Gasteiger partial charge in [-0.2, -0.15) is 0 Å². The molecule has 1 aromatic rings. The van der Waals surface area contributed by atoms with Gasteiger partial charge in [-0.1, -0.05) is 18.9 Å². The molecule has 20 heavy (non-hydrogen) atoms. The molecular weight excluding hydrogens is 276 g/mol. The first-order chi connectivity index (χ1) is 9.38. The van der Waals surface area contributed by atoms with Gasteiger partial charge in [-0.3, -0.25) is 9.10 Å². The lowest BCUT2D eigenvalue weighted by Gasteiger charge is -2.18. The lowest BCUT2D eigenvalue weighted by molar-refractivity contribution is 0.0938. The highest BCUT2D eigenvalue weighted by Crippen LogP contribution is 2.20. The second-order valence-electron chi connectivity index (χ2n) is 5.24. The first kappa shape index (κ1) is 14.8. The highest BCUT2D eigenvalue weighted by Gasteiger charge is 2.19. The summed E-state index contributed by atoms with van der Waals surface area (Å²) in [6, 6.07) is 6.92. The number of benzene rings is 1. The zero-order valence-electron chi connectivity index (χ0n) is 11.8. The number of hydrogen-bond donors (Lipinski definition) is 1. The highest BCUT2D eigenvalue weighted by atomic mass is 32.2. The second-order valence-corrected chi connectivity index (χ2v) is 7.25. The fourth-order valence-corrected chi connectivity index (χ4v) is 2.87. The molecule has 0 unspecified atom stereocenters. The van der Waals surface area contributed by atoms with E-state index in [-0.39, 0.29) is 11.9 Å². The maximum absolute atomic E-state index is 12.1. The molecule has 0 bridgehead atoms. The van der Waals surface area contributed by atoms with E-state index in [2.05, 4.69) is 5.32 Å². The minimum Gasteiger partial charge on any atom is -0.349 e. The van der Waals surface area contributed by atoms with E-state index in [9.17, 15) is 13.2 Å². The van der Waals surface area contributed by atoms with E-state index in [0.29, 0.717) is 11.3 Å². The molecule has 1 aliphatic carbocycles. The molecule has 6 heteroatoms. The maximum atomic E-state index is 12.1. The van der Waals surface area contributed by atoms with Gasteiger partial charge in [0, 0.05) is 18.7 Å². The van der Waals surface area contributed by atoms with Crippen LogP contribution in [0.15, 0.2) is 24.3 Å². The Bertz CT molecular complexity index is 592. The predicted molar refractivity (Wildman–Crippen MR) is 79.4 cm³/mol. The Morgan fingerprint density at radius 1 is 1.30 bits per heavy atom. The molecular formula is C14H20N2O3S. The van der Waals surface area contributed by atoms with E-state index in [1.807, 2.05) is 0 Å². The summed E-state index contributed by atoms with van der Waals surface area (Å²) in [5, 5.41) is 2.99. The molecule has 1 fully saturated rings. The van der Waals surface area contributed by atoms with Crippen molar-refractivity contribution in [2.45, 2.75) is 31.7 Å². The normalized spacial score (nSPS) is 16.1. The Morgan fingerprint density at radius 3 is 2.55 bits per heavy atom. The largest absolute Gasteiger partial charge is 0.349 e. The number of hydrogen-bond acceptors (Lipinski definition) is 3. The fourth-order valence-electron chi connectivity index (χ4n) is 2.37. The van der Waals surface area contributed by atoms with Crippen LogP contribution in [-0.4, -0.2) is 33.7 Å².